The summed E-state index contributed by atoms with van der Waals surface area (Å²) in [6, 6.07) is 5.99. The third kappa shape index (κ3) is 3.40. The number of imide groups is 1. The van der Waals surface area contributed by atoms with Crippen LogP contribution in [0.3, 0.4) is 0 Å². The minimum atomic E-state index is -0.205. The van der Waals surface area contributed by atoms with E-state index >= 15 is 0 Å². The molecule has 1 aromatic carbocycles. The predicted octanol–water partition coefficient (Wildman–Crippen LogP) is 2.76. The number of methoxy groups -OCH3 is 1. The molecule has 0 N–H and O–H groups in total. The van der Waals surface area contributed by atoms with Crippen molar-refractivity contribution in [2.45, 2.75) is 33.6 Å². The molecule has 0 bridgehead atoms. The minimum absolute atomic E-state index is 0.185. The smallest absolute Gasteiger partial charge is 0.277 e. The molecule has 2 heterocycles. The Kier molecular flexibility index (Phi) is 5.47. The second kappa shape index (κ2) is 7.62. The molecule has 0 aromatic heterocycles. The van der Waals surface area contributed by atoms with Crippen LogP contribution in [-0.2, 0) is 14.3 Å². The van der Waals surface area contributed by atoms with Crippen LogP contribution in [0.2, 0.25) is 0 Å². The number of nitrogens with zero attached hydrogens (tertiary/aromatic N) is 2. The summed E-state index contributed by atoms with van der Waals surface area (Å²) < 4.78 is 5.09. The maximum absolute atomic E-state index is 13.1. The normalized spacial score (nSPS) is 19.1. The summed E-state index contributed by atoms with van der Waals surface area (Å²) in [6.45, 7) is 8.60. The van der Waals surface area contributed by atoms with E-state index in [0.29, 0.717) is 23.8 Å². The van der Waals surface area contributed by atoms with Gasteiger partial charge in [-0.05, 0) is 49.3 Å². The predicted molar refractivity (Wildman–Crippen MR) is 101 cm³/mol. The number of hydrogen-bond donors (Lipinski definition) is 0. The van der Waals surface area contributed by atoms with Crippen molar-refractivity contribution in [1.82, 2.24) is 9.80 Å². The SMILES string of the molecule is COCCN1C(=O)C(c2ccc(C)c(C)c2)=C(N2CCC(C)CC2)C1=O. The van der Waals surface area contributed by atoms with Crippen LogP contribution in [0.25, 0.3) is 5.57 Å². The fraction of sp³-hybridized carbons (Fsp3) is 0.524. The molecule has 140 valence electrons. The molecule has 1 saturated heterocycles. The summed E-state index contributed by atoms with van der Waals surface area (Å²) in [5.41, 5.74) is 4.25. The van der Waals surface area contributed by atoms with E-state index in [2.05, 4.69) is 11.8 Å². The molecule has 1 fully saturated rings. The molecule has 5 nitrogen and oxygen atoms in total. The first kappa shape index (κ1) is 18.6. The van der Waals surface area contributed by atoms with Gasteiger partial charge in [-0.3, -0.25) is 14.5 Å². The summed E-state index contributed by atoms with van der Waals surface area (Å²) in [6.07, 6.45) is 2.09. The zero-order valence-corrected chi connectivity index (χ0v) is 16.2. The van der Waals surface area contributed by atoms with Gasteiger partial charge in [0.15, 0.2) is 0 Å². The van der Waals surface area contributed by atoms with E-state index in [9.17, 15) is 9.59 Å². The Hall–Kier alpha value is -2.14. The number of rotatable bonds is 5. The highest BCUT2D eigenvalue weighted by atomic mass is 16.5. The molecule has 1 aromatic rings. The van der Waals surface area contributed by atoms with Crippen molar-refractivity contribution in [1.29, 1.82) is 0 Å². The lowest BCUT2D eigenvalue weighted by Gasteiger charge is -2.32. The van der Waals surface area contributed by atoms with E-state index in [1.54, 1.807) is 7.11 Å². The van der Waals surface area contributed by atoms with Crippen LogP contribution >= 0.6 is 0 Å². The van der Waals surface area contributed by atoms with Crippen LogP contribution < -0.4 is 0 Å². The Balaban J connectivity index is 2.03. The van der Waals surface area contributed by atoms with E-state index in [1.807, 2.05) is 32.0 Å². The van der Waals surface area contributed by atoms with Crippen molar-refractivity contribution >= 4 is 17.4 Å². The molecule has 0 saturated carbocycles. The fourth-order valence-electron chi connectivity index (χ4n) is 3.63. The van der Waals surface area contributed by atoms with Crippen LogP contribution in [-0.4, -0.2) is 55.0 Å². The van der Waals surface area contributed by atoms with Gasteiger partial charge >= 0.3 is 0 Å². The number of amides is 2. The Bertz CT molecular complexity index is 746. The summed E-state index contributed by atoms with van der Waals surface area (Å²) in [4.78, 5) is 29.6. The lowest BCUT2D eigenvalue weighted by atomic mass is 9.96. The Morgan fingerprint density at radius 3 is 2.38 bits per heavy atom. The van der Waals surface area contributed by atoms with Gasteiger partial charge in [-0.2, -0.15) is 0 Å². The first-order chi connectivity index (χ1) is 12.4. The average molecular weight is 356 g/mol. The number of hydrogen-bond acceptors (Lipinski definition) is 4. The quantitative estimate of drug-likeness (QED) is 0.761. The summed E-state index contributed by atoms with van der Waals surface area (Å²) in [5, 5.41) is 0. The van der Waals surface area contributed by atoms with Gasteiger partial charge in [-0.25, -0.2) is 0 Å². The molecule has 0 unspecified atom stereocenters. The van der Waals surface area contributed by atoms with Gasteiger partial charge in [-0.1, -0.05) is 25.1 Å². The first-order valence-corrected chi connectivity index (χ1v) is 9.36. The molecular formula is C21H28N2O3. The number of carbonyl (C=O) groups excluding carboxylic acids is 2. The third-order valence-corrected chi connectivity index (χ3v) is 5.56. The highest BCUT2D eigenvalue weighted by Gasteiger charge is 2.41. The molecule has 2 aliphatic rings. The first-order valence-electron chi connectivity index (χ1n) is 9.36. The highest BCUT2D eigenvalue weighted by Crippen LogP contribution is 2.34. The largest absolute Gasteiger partial charge is 0.383 e. The lowest BCUT2D eigenvalue weighted by Crippen LogP contribution is -2.39. The number of piperidine rings is 1. The van der Waals surface area contributed by atoms with Crippen LogP contribution in [0.1, 0.15) is 36.5 Å². The van der Waals surface area contributed by atoms with Crippen LogP contribution in [0.15, 0.2) is 23.9 Å². The van der Waals surface area contributed by atoms with E-state index in [4.69, 9.17) is 4.74 Å². The van der Waals surface area contributed by atoms with Gasteiger partial charge in [0.25, 0.3) is 11.8 Å². The molecule has 26 heavy (non-hydrogen) atoms. The third-order valence-electron chi connectivity index (χ3n) is 5.56. The molecule has 0 spiro atoms. The Labute approximate surface area is 155 Å². The van der Waals surface area contributed by atoms with Crippen LogP contribution in [0, 0.1) is 19.8 Å². The molecule has 3 rings (SSSR count). The molecule has 0 aliphatic carbocycles. The van der Waals surface area contributed by atoms with Crippen molar-refractivity contribution < 1.29 is 14.3 Å². The topological polar surface area (TPSA) is 49.9 Å². The molecule has 0 radical (unpaired) electrons. The van der Waals surface area contributed by atoms with Gasteiger partial charge in [-0.15, -0.1) is 0 Å². The van der Waals surface area contributed by atoms with Crippen LogP contribution in [0.5, 0.6) is 0 Å². The van der Waals surface area contributed by atoms with Crippen molar-refractivity contribution in [3.05, 3.63) is 40.6 Å². The number of likely N-dealkylation sites (tertiary alicyclic amines) is 1. The van der Waals surface area contributed by atoms with Crippen LogP contribution in [0.4, 0.5) is 0 Å². The number of carbonyl (C=O) groups is 2. The van der Waals surface area contributed by atoms with Gasteiger partial charge in [0.05, 0.1) is 18.7 Å². The number of ether oxygens (including phenoxy) is 1. The van der Waals surface area contributed by atoms with E-state index in [0.717, 1.165) is 37.1 Å². The zero-order valence-electron chi connectivity index (χ0n) is 16.2. The maximum atomic E-state index is 13.1. The second-order valence-corrected chi connectivity index (χ2v) is 7.45. The van der Waals surface area contributed by atoms with E-state index in [1.165, 1.54) is 10.5 Å². The number of aryl methyl sites for hydroxylation is 2. The molecule has 2 aliphatic heterocycles. The minimum Gasteiger partial charge on any atom is -0.383 e. The van der Waals surface area contributed by atoms with Gasteiger partial charge in [0.1, 0.15) is 5.70 Å². The molecule has 5 heteroatoms. The Morgan fingerprint density at radius 1 is 1.08 bits per heavy atom. The van der Waals surface area contributed by atoms with E-state index in [-0.39, 0.29) is 18.4 Å². The monoisotopic (exact) mass is 356 g/mol. The van der Waals surface area contributed by atoms with Gasteiger partial charge in [0, 0.05) is 20.2 Å². The van der Waals surface area contributed by atoms with Crippen molar-refractivity contribution in [2.75, 3.05) is 33.4 Å². The maximum Gasteiger partial charge on any atom is 0.277 e. The van der Waals surface area contributed by atoms with Gasteiger partial charge < -0.3 is 9.64 Å². The second-order valence-electron chi connectivity index (χ2n) is 7.45. The molecule has 2 amide bonds. The molecular weight excluding hydrogens is 328 g/mol. The summed E-state index contributed by atoms with van der Waals surface area (Å²) in [7, 11) is 1.58. The van der Waals surface area contributed by atoms with Crippen molar-refractivity contribution in [3.63, 3.8) is 0 Å². The molecule has 0 atom stereocenters. The van der Waals surface area contributed by atoms with Crippen molar-refractivity contribution in [2.24, 2.45) is 5.92 Å². The summed E-state index contributed by atoms with van der Waals surface area (Å²) >= 11 is 0. The fourth-order valence-corrected chi connectivity index (χ4v) is 3.63. The lowest BCUT2D eigenvalue weighted by molar-refractivity contribution is -0.138. The summed E-state index contributed by atoms with van der Waals surface area (Å²) in [5.74, 6) is 0.271. The van der Waals surface area contributed by atoms with Gasteiger partial charge in [0.2, 0.25) is 0 Å². The Morgan fingerprint density at radius 2 is 1.77 bits per heavy atom. The van der Waals surface area contributed by atoms with Crippen molar-refractivity contribution in [3.8, 4) is 0 Å². The average Bonchev–Trinajstić information content (AvgIpc) is 2.87. The standard InChI is InChI=1S/C21H28N2O3/c1-14-7-9-22(10-8-14)19-18(17-6-5-15(2)16(3)13-17)20(24)23(21(19)25)11-12-26-4/h5-6,13-14H,7-12H2,1-4H3. The van der Waals surface area contributed by atoms with E-state index < -0.39 is 0 Å². The highest BCUT2D eigenvalue weighted by molar-refractivity contribution is 6.35. The number of benzene rings is 1. The zero-order chi connectivity index (χ0) is 18.8.